The molecule has 1 aliphatic carbocycles. The Bertz CT molecular complexity index is 418. The predicted molar refractivity (Wildman–Crippen MR) is 61.8 cm³/mol. The van der Waals surface area contributed by atoms with Gasteiger partial charge in [0, 0.05) is 6.42 Å². The summed E-state index contributed by atoms with van der Waals surface area (Å²) in [6.45, 7) is 0. The van der Waals surface area contributed by atoms with Crippen LogP contribution in [-0.4, -0.2) is 16.5 Å². The summed E-state index contributed by atoms with van der Waals surface area (Å²) in [6.07, 6.45) is 3.14. The number of hydrogen-bond donors (Lipinski definition) is 1. The predicted octanol–water partition coefficient (Wildman–Crippen LogP) is 1.73. The molecule has 1 atom stereocenters. The van der Waals surface area contributed by atoms with Crippen molar-refractivity contribution in [3.05, 3.63) is 35.4 Å². The van der Waals surface area contributed by atoms with Gasteiger partial charge in [-0.05, 0) is 24.0 Å². The van der Waals surface area contributed by atoms with E-state index in [0.717, 1.165) is 19.3 Å². The Morgan fingerprint density at radius 2 is 2.07 bits per heavy atom. The fraction of sp³-hybridized carbons (Fsp3) is 0.417. The van der Waals surface area contributed by atoms with Gasteiger partial charge < -0.3 is 5.32 Å². The molecule has 0 unspecified atom stereocenters. The van der Waals surface area contributed by atoms with E-state index in [1.165, 1.54) is 11.1 Å². The lowest BCUT2D eigenvalue weighted by Crippen LogP contribution is -2.44. The molecule has 1 aromatic carbocycles. The van der Waals surface area contributed by atoms with Gasteiger partial charge in [0.15, 0.2) is 0 Å². The second kappa shape index (κ2) is 3.27. The lowest BCUT2D eigenvalue weighted by molar-refractivity contribution is -0.118. The van der Waals surface area contributed by atoms with Crippen molar-refractivity contribution in [2.24, 2.45) is 0 Å². The van der Waals surface area contributed by atoms with E-state index in [1.54, 1.807) is 11.8 Å². The van der Waals surface area contributed by atoms with Gasteiger partial charge >= 0.3 is 0 Å². The molecule has 3 rings (SSSR count). The van der Waals surface area contributed by atoms with Crippen molar-refractivity contribution in [3.63, 3.8) is 0 Å². The molecule has 0 bridgehead atoms. The molecule has 1 saturated heterocycles. The normalized spacial score (nSPS) is 28.9. The molecular weight excluding hydrogens is 206 g/mol. The highest BCUT2D eigenvalue weighted by Crippen LogP contribution is 2.39. The lowest BCUT2D eigenvalue weighted by Gasteiger charge is -2.33. The van der Waals surface area contributed by atoms with E-state index in [4.69, 9.17) is 0 Å². The number of aryl methyl sites for hydroxylation is 1. The maximum atomic E-state index is 11.3. The number of carbonyl (C=O) groups excluding carboxylic acids is 1. The van der Waals surface area contributed by atoms with Gasteiger partial charge in [0.05, 0.1) is 10.6 Å². The fourth-order valence-electron chi connectivity index (χ4n) is 2.47. The standard InChI is InChI=1S/C12H13NOS/c14-11-8-15-12(13-11)6-5-9-3-1-2-4-10(9)7-12/h1-4H,5-8H2,(H,13,14)/t12-/m0/s1. The summed E-state index contributed by atoms with van der Waals surface area (Å²) in [5.74, 6) is 0.821. The topological polar surface area (TPSA) is 29.1 Å². The molecule has 1 heterocycles. The second-order valence-corrected chi connectivity index (χ2v) is 5.64. The minimum absolute atomic E-state index is 0.00539. The lowest BCUT2D eigenvalue weighted by atomic mass is 9.88. The number of thioether (sulfide) groups is 1. The van der Waals surface area contributed by atoms with Gasteiger partial charge in [0.25, 0.3) is 0 Å². The van der Waals surface area contributed by atoms with Crippen LogP contribution in [-0.2, 0) is 17.6 Å². The van der Waals surface area contributed by atoms with E-state index in [2.05, 4.69) is 29.6 Å². The summed E-state index contributed by atoms with van der Waals surface area (Å²) in [5, 5.41) is 3.13. The zero-order valence-electron chi connectivity index (χ0n) is 8.45. The van der Waals surface area contributed by atoms with Gasteiger partial charge in [0.1, 0.15) is 0 Å². The number of benzene rings is 1. The molecular formula is C12H13NOS. The van der Waals surface area contributed by atoms with E-state index >= 15 is 0 Å². The highest BCUT2D eigenvalue weighted by Gasteiger charge is 2.40. The van der Waals surface area contributed by atoms with Crippen LogP contribution in [0.5, 0.6) is 0 Å². The summed E-state index contributed by atoms with van der Waals surface area (Å²) in [4.78, 5) is 11.3. The van der Waals surface area contributed by atoms with Gasteiger partial charge in [0.2, 0.25) is 5.91 Å². The van der Waals surface area contributed by atoms with Crippen LogP contribution in [0.3, 0.4) is 0 Å². The number of rotatable bonds is 0. The van der Waals surface area contributed by atoms with Crippen LogP contribution in [0.25, 0.3) is 0 Å². The minimum Gasteiger partial charge on any atom is -0.341 e. The van der Waals surface area contributed by atoms with Crippen LogP contribution < -0.4 is 5.32 Å². The van der Waals surface area contributed by atoms with Crippen molar-refractivity contribution in [2.45, 2.75) is 24.1 Å². The Hall–Kier alpha value is -0.960. The summed E-state index contributed by atoms with van der Waals surface area (Å²) in [7, 11) is 0. The zero-order valence-corrected chi connectivity index (χ0v) is 9.27. The van der Waals surface area contributed by atoms with Gasteiger partial charge in [-0.2, -0.15) is 0 Å². The first-order chi connectivity index (χ1) is 7.27. The molecule has 0 radical (unpaired) electrons. The van der Waals surface area contributed by atoms with Crippen molar-refractivity contribution in [1.82, 2.24) is 5.32 Å². The van der Waals surface area contributed by atoms with Crippen molar-refractivity contribution < 1.29 is 4.79 Å². The van der Waals surface area contributed by atoms with E-state index in [1.807, 2.05) is 0 Å². The molecule has 0 saturated carbocycles. The third-order valence-corrected chi connectivity index (χ3v) is 4.65. The van der Waals surface area contributed by atoms with Crippen LogP contribution >= 0.6 is 11.8 Å². The first-order valence-corrected chi connectivity index (χ1v) is 6.28. The third kappa shape index (κ3) is 1.55. The van der Waals surface area contributed by atoms with Crippen molar-refractivity contribution in [2.75, 3.05) is 5.75 Å². The molecule has 1 N–H and O–H groups in total. The number of amides is 1. The van der Waals surface area contributed by atoms with Crippen LogP contribution in [0.4, 0.5) is 0 Å². The Morgan fingerprint density at radius 3 is 2.80 bits per heavy atom. The molecule has 78 valence electrons. The zero-order chi connectivity index (χ0) is 10.3. The summed E-state index contributed by atoms with van der Waals surface area (Å²) in [5.41, 5.74) is 2.85. The molecule has 1 spiro atoms. The largest absolute Gasteiger partial charge is 0.341 e. The maximum absolute atomic E-state index is 11.3. The average Bonchev–Trinajstić information content (AvgIpc) is 2.60. The van der Waals surface area contributed by atoms with Crippen molar-refractivity contribution in [3.8, 4) is 0 Å². The van der Waals surface area contributed by atoms with Crippen LogP contribution in [0.15, 0.2) is 24.3 Å². The SMILES string of the molecule is O=C1CS[C@]2(CCc3ccccc3C2)N1. The summed E-state index contributed by atoms with van der Waals surface area (Å²) >= 11 is 1.78. The monoisotopic (exact) mass is 219 g/mol. The van der Waals surface area contributed by atoms with Crippen LogP contribution in [0, 0.1) is 0 Å². The van der Waals surface area contributed by atoms with Crippen LogP contribution in [0.1, 0.15) is 17.5 Å². The van der Waals surface area contributed by atoms with Gasteiger partial charge in [-0.1, -0.05) is 24.3 Å². The number of fused-ring (bicyclic) bond motifs is 1. The minimum atomic E-state index is 0.00539. The number of hydrogen-bond acceptors (Lipinski definition) is 2. The summed E-state index contributed by atoms with van der Waals surface area (Å²) < 4.78 is 0. The number of nitrogens with one attached hydrogen (secondary N) is 1. The Balaban J connectivity index is 1.92. The highest BCUT2D eigenvalue weighted by atomic mass is 32.2. The number of carbonyl (C=O) groups is 1. The molecule has 2 nitrogen and oxygen atoms in total. The molecule has 1 fully saturated rings. The van der Waals surface area contributed by atoms with E-state index in [9.17, 15) is 4.79 Å². The third-order valence-electron chi connectivity index (χ3n) is 3.24. The maximum Gasteiger partial charge on any atom is 0.231 e. The van der Waals surface area contributed by atoms with Crippen LogP contribution in [0.2, 0.25) is 0 Å². The molecule has 3 heteroatoms. The molecule has 1 aromatic rings. The Labute approximate surface area is 93.4 Å². The van der Waals surface area contributed by atoms with Gasteiger partial charge in [-0.15, -0.1) is 11.8 Å². The van der Waals surface area contributed by atoms with Gasteiger partial charge in [-0.25, -0.2) is 0 Å². The molecule has 2 aliphatic rings. The highest BCUT2D eigenvalue weighted by molar-refractivity contribution is 8.01. The van der Waals surface area contributed by atoms with E-state index in [0.29, 0.717) is 5.75 Å². The Morgan fingerprint density at radius 1 is 1.27 bits per heavy atom. The molecule has 1 aliphatic heterocycles. The van der Waals surface area contributed by atoms with Crippen molar-refractivity contribution in [1.29, 1.82) is 0 Å². The van der Waals surface area contributed by atoms with Gasteiger partial charge in [-0.3, -0.25) is 4.79 Å². The molecule has 0 aromatic heterocycles. The first-order valence-electron chi connectivity index (χ1n) is 5.29. The smallest absolute Gasteiger partial charge is 0.231 e. The van der Waals surface area contributed by atoms with E-state index in [-0.39, 0.29) is 10.8 Å². The Kier molecular flexibility index (Phi) is 2.02. The fourth-order valence-corrected chi connectivity index (χ4v) is 3.64. The van der Waals surface area contributed by atoms with E-state index < -0.39 is 0 Å². The van der Waals surface area contributed by atoms with Crippen molar-refractivity contribution >= 4 is 17.7 Å². The molecule has 15 heavy (non-hydrogen) atoms. The average molecular weight is 219 g/mol. The molecule has 1 amide bonds. The summed E-state index contributed by atoms with van der Waals surface area (Å²) in [6, 6.07) is 8.56. The second-order valence-electron chi connectivity index (χ2n) is 4.28. The first kappa shape index (κ1) is 9.28. The quantitative estimate of drug-likeness (QED) is 0.720.